The highest BCUT2D eigenvalue weighted by atomic mass is 35.5. The minimum atomic E-state index is -0.622. The lowest BCUT2D eigenvalue weighted by atomic mass is 10.2. The first-order chi connectivity index (χ1) is 7.20. The Morgan fingerprint density at radius 2 is 2.47 bits per heavy atom. The predicted molar refractivity (Wildman–Crippen MR) is 61.3 cm³/mol. The summed E-state index contributed by atoms with van der Waals surface area (Å²) in [6.07, 6.45) is 2.91. The van der Waals surface area contributed by atoms with Gasteiger partial charge in [-0.2, -0.15) is 5.10 Å². The Labute approximate surface area is 96.9 Å². The van der Waals surface area contributed by atoms with Crippen LogP contribution in [-0.2, 0) is 6.54 Å². The van der Waals surface area contributed by atoms with Crippen molar-refractivity contribution in [2.24, 2.45) is 0 Å². The fourth-order valence-corrected chi connectivity index (χ4v) is 2.42. The molecule has 2 aromatic heterocycles. The summed E-state index contributed by atoms with van der Waals surface area (Å²) in [6.45, 7) is 2.81. The summed E-state index contributed by atoms with van der Waals surface area (Å²) in [7, 11) is 0. The molecule has 2 aromatic rings. The largest absolute Gasteiger partial charge is 0.383 e. The lowest BCUT2D eigenvalue weighted by Gasteiger charge is -2.04. The van der Waals surface area contributed by atoms with Crippen molar-refractivity contribution in [1.29, 1.82) is 0 Å². The molecule has 0 fully saturated rings. The summed E-state index contributed by atoms with van der Waals surface area (Å²) in [4.78, 5) is 0.843. The zero-order chi connectivity index (χ0) is 10.8. The van der Waals surface area contributed by atoms with E-state index >= 15 is 0 Å². The molecule has 0 aromatic carbocycles. The Bertz CT molecular complexity index is 452. The molecule has 1 atom stereocenters. The lowest BCUT2D eigenvalue weighted by Crippen LogP contribution is -1.96. The fraction of sp³-hybridized carbons (Fsp3) is 0.300. The van der Waals surface area contributed by atoms with E-state index < -0.39 is 6.10 Å². The van der Waals surface area contributed by atoms with Crippen LogP contribution in [0.15, 0.2) is 23.8 Å². The Balaban J connectivity index is 2.23. The second-order valence-corrected chi connectivity index (χ2v) is 4.58. The van der Waals surface area contributed by atoms with E-state index in [0.29, 0.717) is 5.02 Å². The Morgan fingerprint density at radius 1 is 1.67 bits per heavy atom. The topological polar surface area (TPSA) is 38.0 Å². The second kappa shape index (κ2) is 4.35. The van der Waals surface area contributed by atoms with Gasteiger partial charge >= 0.3 is 0 Å². The van der Waals surface area contributed by atoms with Gasteiger partial charge in [0.2, 0.25) is 0 Å². The average molecular weight is 243 g/mol. The van der Waals surface area contributed by atoms with Crippen molar-refractivity contribution in [3.05, 3.63) is 39.3 Å². The first kappa shape index (κ1) is 10.7. The van der Waals surface area contributed by atoms with Crippen molar-refractivity contribution in [3.8, 4) is 0 Å². The molecule has 0 bridgehead atoms. The highest BCUT2D eigenvalue weighted by Crippen LogP contribution is 2.29. The predicted octanol–water partition coefficient (Wildman–Crippen LogP) is 2.70. The first-order valence-corrected chi connectivity index (χ1v) is 5.91. The summed E-state index contributed by atoms with van der Waals surface area (Å²) < 4.78 is 1.79. The van der Waals surface area contributed by atoms with Crippen LogP contribution in [0.1, 0.15) is 23.5 Å². The molecule has 0 spiro atoms. The van der Waals surface area contributed by atoms with E-state index in [9.17, 15) is 5.11 Å². The molecular weight excluding hydrogens is 232 g/mol. The minimum Gasteiger partial charge on any atom is -0.383 e. The van der Waals surface area contributed by atoms with E-state index in [1.165, 1.54) is 11.3 Å². The lowest BCUT2D eigenvalue weighted by molar-refractivity contribution is 0.224. The molecule has 2 rings (SSSR count). The number of aromatic nitrogens is 2. The average Bonchev–Trinajstić information content (AvgIpc) is 2.84. The SMILES string of the molecule is CCn1cc(C(O)c2cc(Cl)cs2)cn1. The van der Waals surface area contributed by atoms with Gasteiger partial charge in [0, 0.05) is 28.6 Å². The van der Waals surface area contributed by atoms with Gasteiger partial charge in [0.1, 0.15) is 6.10 Å². The Kier molecular flexibility index (Phi) is 3.09. The molecule has 1 N–H and O–H groups in total. The van der Waals surface area contributed by atoms with Crippen molar-refractivity contribution in [2.75, 3.05) is 0 Å². The minimum absolute atomic E-state index is 0.622. The van der Waals surface area contributed by atoms with Gasteiger partial charge in [0.25, 0.3) is 0 Å². The smallest absolute Gasteiger partial charge is 0.116 e. The number of rotatable bonds is 3. The maximum Gasteiger partial charge on any atom is 0.116 e. The third kappa shape index (κ3) is 2.22. The number of aryl methyl sites for hydroxylation is 1. The molecule has 5 heteroatoms. The van der Waals surface area contributed by atoms with Crippen LogP contribution in [0, 0.1) is 0 Å². The van der Waals surface area contributed by atoms with Gasteiger partial charge in [-0.1, -0.05) is 11.6 Å². The summed E-state index contributed by atoms with van der Waals surface area (Å²) >= 11 is 7.25. The van der Waals surface area contributed by atoms with Gasteiger partial charge in [-0.15, -0.1) is 11.3 Å². The van der Waals surface area contributed by atoms with Crippen molar-refractivity contribution in [1.82, 2.24) is 9.78 Å². The number of halogens is 1. The molecule has 80 valence electrons. The third-order valence-electron chi connectivity index (χ3n) is 2.15. The van der Waals surface area contributed by atoms with Crippen LogP contribution in [0.25, 0.3) is 0 Å². The van der Waals surface area contributed by atoms with Crippen LogP contribution in [0.2, 0.25) is 5.02 Å². The number of thiophene rings is 1. The summed E-state index contributed by atoms with van der Waals surface area (Å²) in [5.41, 5.74) is 0.801. The van der Waals surface area contributed by atoms with Crippen LogP contribution in [0.5, 0.6) is 0 Å². The number of nitrogens with zero attached hydrogens (tertiary/aromatic N) is 2. The van der Waals surface area contributed by atoms with Gasteiger partial charge in [0.15, 0.2) is 0 Å². The highest BCUT2D eigenvalue weighted by Gasteiger charge is 2.14. The molecule has 0 aliphatic carbocycles. The summed E-state index contributed by atoms with van der Waals surface area (Å²) in [5.74, 6) is 0. The standard InChI is InChI=1S/C10H11ClN2OS/c1-2-13-5-7(4-12-13)10(14)9-3-8(11)6-15-9/h3-6,10,14H,2H2,1H3. The molecule has 0 saturated carbocycles. The molecule has 15 heavy (non-hydrogen) atoms. The quantitative estimate of drug-likeness (QED) is 0.899. The van der Waals surface area contributed by atoms with Crippen molar-refractivity contribution >= 4 is 22.9 Å². The van der Waals surface area contributed by atoms with Crippen molar-refractivity contribution < 1.29 is 5.11 Å². The summed E-state index contributed by atoms with van der Waals surface area (Å²) in [6, 6.07) is 1.78. The highest BCUT2D eigenvalue weighted by molar-refractivity contribution is 7.10. The fourth-order valence-electron chi connectivity index (χ4n) is 1.33. The molecule has 2 heterocycles. The van der Waals surface area contributed by atoms with Gasteiger partial charge in [0.05, 0.1) is 11.2 Å². The van der Waals surface area contributed by atoms with Gasteiger partial charge < -0.3 is 5.11 Å². The molecule has 0 aliphatic rings. The number of aliphatic hydroxyl groups excluding tert-OH is 1. The number of aliphatic hydroxyl groups is 1. The molecule has 0 amide bonds. The normalized spacial score (nSPS) is 13.0. The molecule has 1 unspecified atom stereocenters. The monoisotopic (exact) mass is 242 g/mol. The van der Waals surface area contributed by atoms with Crippen LogP contribution in [0.3, 0.4) is 0 Å². The van der Waals surface area contributed by atoms with Crippen molar-refractivity contribution in [3.63, 3.8) is 0 Å². The van der Waals surface area contributed by atoms with E-state index in [1.807, 2.05) is 18.5 Å². The second-order valence-electron chi connectivity index (χ2n) is 3.20. The van der Waals surface area contributed by atoms with Gasteiger partial charge in [-0.3, -0.25) is 4.68 Å². The maximum absolute atomic E-state index is 10.0. The first-order valence-electron chi connectivity index (χ1n) is 4.65. The van der Waals surface area contributed by atoms with E-state index in [4.69, 9.17) is 11.6 Å². The Hall–Kier alpha value is -0.840. The van der Waals surface area contributed by atoms with E-state index in [0.717, 1.165) is 17.0 Å². The zero-order valence-electron chi connectivity index (χ0n) is 8.22. The number of hydrogen-bond acceptors (Lipinski definition) is 3. The van der Waals surface area contributed by atoms with E-state index in [-0.39, 0.29) is 0 Å². The zero-order valence-corrected chi connectivity index (χ0v) is 9.79. The molecule has 0 saturated heterocycles. The molecule has 3 nitrogen and oxygen atoms in total. The molecule has 0 radical (unpaired) electrons. The maximum atomic E-state index is 10.0. The van der Waals surface area contributed by atoms with E-state index in [1.54, 1.807) is 16.9 Å². The number of hydrogen-bond donors (Lipinski definition) is 1. The molecule has 0 aliphatic heterocycles. The van der Waals surface area contributed by atoms with E-state index in [2.05, 4.69) is 5.10 Å². The van der Waals surface area contributed by atoms with Crippen LogP contribution in [0.4, 0.5) is 0 Å². The Morgan fingerprint density at radius 3 is 3.00 bits per heavy atom. The van der Waals surface area contributed by atoms with Crippen molar-refractivity contribution in [2.45, 2.75) is 19.6 Å². The third-order valence-corrected chi connectivity index (χ3v) is 3.48. The van der Waals surface area contributed by atoms with Gasteiger partial charge in [-0.05, 0) is 13.0 Å². The molecular formula is C10H11ClN2OS. The van der Waals surface area contributed by atoms with Crippen LogP contribution in [-0.4, -0.2) is 14.9 Å². The van der Waals surface area contributed by atoms with Crippen LogP contribution >= 0.6 is 22.9 Å². The van der Waals surface area contributed by atoms with Crippen LogP contribution < -0.4 is 0 Å². The summed E-state index contributed by atoms with van der Waals surface area (Å²) in [5, 5.41) is 16.6. The van der Waals surface area contributed by atoms with Gasteiger partial charge in [-0.25, -0.2) is 0 Å².